The van der Waals surface area contributed by atoms with Gasteiger partial charge in [-0.05, 0) is 25.0 Å². The van der Waals surface area contributed by atoms with Crippen LogP contribution in [0.3, 0.4) is 0 Å². The molecule has 0 fully saturated rings. The number of rotatable bonds is 8. The molecule has 0 amide bonds. The number of hydrogen-bond donors (Lipinski definition) is 3. The van der Waals surface area contributed by atoms with E-state index in [9.17, 15) is 0 Å². The van der Waals surface area contributed by atoms with Crippen molar-refractivity contribution in [3.8, 4) is 5.75 Å². The number of ether oxygens (including phenoxy) is 1. The highest BCUT2D eigenvalue weighted by molar-refractivity contribution is 6.31. The van der Waals surface area contributed by atoms with Gasteiger partial charge in [0.1, 0.15) is 5.75 Å². The van der Waals surface area contributed by atoms with Crippen molar-refractivity contribution >= 4 is 11.6 Å². The summed E-state index contributed by atoms with van der Waals surface area (Å²) in [5.74, 6) is 0.731. The minimum Gasteiger partial charge on any atom is -0.496 e. The Kier molecular flexibility index (Phi) is 7.16. The van der Waals surface area contributed by atoms with Crippen molar-refractivity contribution in [2.24, 2.45) is 5.73 Å². The van der Waals surface area contributed by atoms with Gasteiger partial charge in [-0.15, -0.1) is 0 Å². The van der Waals surface area contributed by atoms with E-state index in [1.807, 2.05) is 18.2 Å². The number of nitrogens with one attached hydrogen (secondary N) is 1. The van der Waals surface area contributed by atoms with Gasteiger partial charge in [0.15, 0.2) is 0 Å². The van der Waals surface area contributed by atoms with Gasteiger partial charge in [0.05, 0.1) is 7.11 Å². The lowest BCUT2D eigenvalue weighted by Crippen LogP contribution is -2.37. The second-order valence-electron chi connectivity index (χ2n) is 4.43. The van der Waals surface area contributed by atoms with Crippen molar-refractivity contribution in [3.63, 3.8) is 0 Å². The Labute approximate surface area is 119 Å². The normalized spacial score (nSPS) is 14.2. The number of benzene rings is 1. The molecule has 1 rings (SSSR count). The predicted molar refractivity (Wildman–Crippen MR) is 78.7 cm³/mol. The zero-order valence-corrected chi connectivity index (χ0v) is 12.3. The standard InChI is InChI=1S/C14H23ClN2O2/c1-3-10(7-8-18)17-12(9-16)14-11(15)5-4-6-13(14)19-2/h4-6,10,12,17-18H,3,7-9,16H2,1-2H3. The lowest BCUT2D eigenvalue weighted by Gasteiger charge is -2.26. The Hall–Kier alpha value is -0.810. The summed E-state index contributed by atoms with van der Waals surface area (Å²) in [5, 5.41) is 13.1. The summed E-state index contributed by atoms with van der Waals surface area (Å²) in [7, 11) is 1.62. The molecule has 0 bridgehead atoms. The molecule has 1 aromatic carbocycles. The molecule has 1 aromatic rings. The third kappa shape index (κ3) is 4.35. The van der Waals surface area contributed by atoms with Gasteiger partial charge in [-0.3, -0.25) is 0 Å². The van der Waals surface area contributed by atoms with Crippen molar-refractivity contribution < 1.29 is 9.84 Å². The SMILES string of the molecule is CCC(CCO)NC(CN)c1c(Cl)cccc1OC. The number of hydrogen-bond acceptors (Lipinski definition) is 4. The molecule has 2 unspecified atom stereocenters. The zero-order chi connectivity index (χ0) is 14.3. The van der Waals surface area contributed by atoms with E-state index < -0.39 is 0 Å². The third-order valence-corrected chi connectivity index (χ3v) is 3.55. The van der Waals surface area contributed by atoms with Crippen LogP contribution in [0.4, 0.5) is 0 Å². The second-order valence-corrected chi connectivity index (χ2v) is 4.84. The maximum atomic E-state index is 9.06. The number of methoxy groups -OCH3 is 1. The van der Waals surface area contributed by atoms with Gasteiger partial charge in [0.25, 0.3) is 0 Å². The molecule has 0 aromatic heterocycles. The van der Waals surface area contributed by atoms with E-state index in [2.05, 4.69) is 12.2 Å². The fraction of sp³-hybridized carbons (Fsp3) is 0.571. The molecule has 0 radical (unpaired) electrons. The molecule has 0 saturated carbocycles. The number of halogens is 1. The summed E-state index contributed by atoms with van der Waals surface area (Å²) in [6.07, 6.45) is 1.61. The van der Waals surface area contributed by atoms with Crippen LogP contribution in [0, 0.1) is 0 Å². The highest BCUT2D eigenvalue weighted by Crippen LogP contribution is 2.32. The molecule has 108 valence electrons. The lowest BCUT2D eigenvalue weighted by molar-refractivity contribution is 0.255. The summed E-state index contributed by atoms with van der Waals surface area (Å²) in [5.41, 5.74) is 6.74. The van der Waals surface area contributed by atoms with Crippen LogP contribution in [0.2, 0.25) is 5.02 Å². The average molecular weight is 287 g/mol. The Bertz CT molecular complexity index is 388. The van der Waals surface area contributed by atoms with Crippen LogP contribution in [0.1, 0.15) is 31.4 Å². The van der Waals surface area contributed by atoms with Gasteiger partial charge >= 0.3 is 0 Å². The molecule has 4 N–H and O–H groups in total. The fourth-order valence-corrected chi connectivity index (χ4v) is 2.45. The van der Waals surface area contributed by atoms with E-state index in [-0.39, 0.29) is 18.7 Å². The maximum absolute atomic E-state index is 9.06. The molecule has 4 nitrogen and oxygen atoms in total. The second kappa shape index (κ2) is 8.38. The van der Waals surface area contributed by atoms with Gasteiger partial charge in [-0.1, -0.05) is 24.6 Å². The molecule has 0 spiro atoms. The van der Waals surface area contributed by atoms with Crippen LogP contribution in [0.5, 0.6) is 5.75 Å². The molecular formula is C14H23ClN2O2. The Morgan fingerprint density at radius 2 is 2.21 bits per heavy atom. The maximum Gasteiger partial charge on any atom is 0.125 e. The van der Waals surface area contributed by atoms with Gasteiger partial charge in [0, 0.05) is 35.8 Å². The van der Waals surface area contributed by atoms with Crippen LogP contribution >= 0.6 is 11.6 Å². The van der Waals surface area contributed by atoms with Gasteiger partial charge < -0.3 is 20.9 Å². The number of aliphatic hydroxyl groups excluding tert-OH is 1. The minimum atomic E-state index is -0.0832. The largest absolute Gasteiger partial charge is 0.496 e. The van der Waals surface area contributed by atoms with Crippen molar-refractivity contribution in [1.29, 1.82) is 0 Å². The first kappa shape index (κ1) is 16.2. The van der Waals surface area contributed by atoms with E-state index in [4.69, 9.17) is 27.2 Å². The summed E-state index contributed by atoms with van der Waals surface area (Å²) in [6.45, 7) is 2.65. The molecule has 0 aliphatic rings. The van der Waals surface area contributed by atoms with E-state index >= 15 is 0 Å². The summed E-state index contributed by atoms with van der Waals surface area (Å²) < 4.78 is 5.35. The Morgan fingerprint density at radius 3 is 2.74 bits per heavy atom. The quantitative estimate of drug-likeness (QED) is 0.685. The van der Waals surface area contributed by atoms with Crippen LogP contribution in [-0.4, -0.2) is 31.4 Å². The Morgan fingerprint density at radius 1 is 1.47 bits per heavy atom. The van der Waals surface area contributed by atoms with Gasteiger partial charge in [0.2, 0.25) is 0 Å². The van der Waals surface area contributed by atoms with E-state index in [0.29, 0.717) is 18.0 Å². The van der Waals surface area contributed by atoms with Crippen LogP contribution in [0.15, 0.2) is 18.2 Å². The van der Waals surface area contributed by atoms with Crippen LogP contribution in [-0.2, 0) is 0 Å². The highest BCUT2D eigenvalue weighted by Gasteiger charge is 2.20. The summed E-state index contributed by atoms with van der Waals surface area (Å²) >= 11 is 6.26. The molecule has 0 heterocycles. The van der Waals surface area contributed by atoms with Crippen molar-refractivity contribution in [1.82, 2.24) is 5.32 Å². The third-order valence-electron chi connectivity index (χ3n) is 3.22. The molecule has 2 atom stereocenters. The Balaban J connectivity index is 2.96. The highest BCUT2D eigenvalue weighted by atomic mass is 35.5. The topological polar surface area (TPSA) is 67.5 Å². The molecule has 0 aliphatic carbocycles. The molecule has 5 heteroatoms. The summed E-state index contributed by atoms with van der Waals surface area (Å²) in [4.78, 5) is 0. The van der Waals surface area contributed by atoms with Crippen molar-refractivity contribution in [2.45, 2.75) is 31.8 Å². The van der Waals surface area contributed by atoms with E-state index in [0.717, 1.165) is 17.7 Å². The predicted octanol–water partition coefficient (Wildman–Crippen LogP) is 2.10. The van der Waals surface area contributed by atoms with Crippen molar-refractivity contribution in [3.05, 3.63) is 28.8 Å². The monoisotopic (exact) mass is 286 g/mol. The molecule has 0 aliphatic heterocycles. The first-order valence-corrected chi connectivity index (χ1v) is 6.95. The van der Waals surface area contributed by atoms with Crippen molar-refractivity contribution in [2.75, 3.05) is 20.3 Å². The van der Waals surface area contributed by atoms with E-state index in [1.165, 1.54) is 0 Å². The van der Waals surface area contributed by atoms with Gasteiger partial charge in [-0.25, -0.2) is 0 Å². The van der Waals surface area contributed by atoms with Crippen LogP contribution < -0.4 is 15.8 Å². The average Bonchev–Trinajstić information content (AvgIpc) is 2.43. The van der Waals surface area contributed by atoms with Crippen LogP contribution in [0.25, 0.3) is 0 Å². The fourth-order valence-electron chi connectivity index (χ4n) is 2.15. The zero-order valence-electron chi connectivity index (χ0n) is 11.5. The lowest BCUT2D eigenvalue weighted by atomic mass is 10.0. The first-order chi connectivity index (χ1) is 9.17. The number of nitrogens with two attached hydrogens (primary N) is 1. The van der Waals surface area contributed by atoms with Gasteiger partial charge in [-0.2, -0.15) is 0 Å². The van der Waals surface area contributed by atoms with E-state index in [1.54, 1.807) is 7.11 Å². The smallest absolute Gasteiger partial charge is 0.125 e. The first-order valence-electron chi connectivity index (χ1n) is 6.57. The molecule has 19 heavy (non-hydrogen) atoms. The number of aliphatic hydroxyl groups is 1. The molecular weight excluding hydrogens is 264 g/mol. The molecule has 0 saturated heterocycles. The summed E-state index contributed by atoms with van der Waals surface area (Å²) in [6, 6.07) is 5.68. The minimum absolute atomic E-state index is 0.0832.